The van der Waals surface area contributed by atoms with Crippen molar-refractivity contribution in [3.63, 3.8) is 0 Å². The van der Waals surface area contributed by atoms with Crippen molar-refractivity contribution in [1.82, 2.24) is 5.32 Å². The lowest BCUT2D eigenvalue weighted by Crippen LogP contribution is -2.24. The quantitative estimate of drug-likeness (QED) is 0.744. The molecule has 0 saturated carbocycles. The van der Waals surface area contributed by atoms with Crippen molar-refractivity contribution in [3.8, 4) is 0 Å². The minimum atomic E-state index is -0.472. The number of furan rings is 1. The molecule has 70 valence electrons. The molecule has 0 spiro atoms. The van der Waals surface area contributed by atoms with Gasteiger partial charge in [-0.1, -0.05) is 0 Å². The van der Waals surface area contributed by atoms with Crippen molar-refractivity contribution in [2.45, 2.75) is 6.42 Å². The van der Waals surface area contributed by atoms with Crippen LogP contribution in [0.15, 0.2) is 22.8 Å². The van der Waals surface area contributed by atoms with Crippen molar-refractivity contribution in [2.75, 3.05) is 6.54 Å². The second-order valence-electron chi connectivity index (χ2n) is 2.34. The topological polar surface area (TPSA) is 59.3 Å². The molecule has 0 saturated heterocycles. The van der Waals surface area contributed by atoms with Gasteiger partial charge >= 0.3 is 0 Å². The lowest BCUT2D eigenvalue weighted by atomic mass is 10.4. The van der Waals surface area contributed by atoms with E-state index in [1.807, 2.05) is 0 Å². The lowest BCUT2D eigenvalue weighted by molar-refractivity contribution is -0.111. The van der Waals surface area contributed by atoms with E-state index in [1.165, 1.54) is 12.3 Å². The first-order chi connectivity index (χ1) is 6.20. The summed E-state index contributed by atoms with van der Waals surface area (Å²) in [6, 6.07) is 3.15. The highest BCUT2D eigenvalue weighted by molar-refractivity contribution is 6.63. The maximum atomic E-state index is 11.1. The maximum Gasteiger partial charge on any atom is 0.286 e. The number of amides is 1. The molecule has 0 bridgehead atoms. The minimum absolute atomic E-state index is 0.119. The Morgan fingerprint density at radius 1 is 1.54 bits per heavy atom. The third-order valence-corrected chi connectivity index (χ3v) is 1.54. The molecule has 1 aromatic rings. The SMILES string of the molecule is O=C(Cl)CCNC(=O)c1ccco1. The Morgan fingerprint density at radius 2 is 2.31 bits per heavy atom. The van der Waals surface area contributed by atoms with Crippen LogP contribution in [0.25, 0.3) is 0 Å². The molecule has 1 heterocycles. The van der Waals surface area contributed by atoms with Crippen molar-refractivity contribution >= 4 is 22.8 Å². The first-order valence-corrected chi connectivity index (χ1v) is 4.08. The number of rotatable bonds is 4. The molecule has 1 rings (SSSR count). The molecular weight excluding hydrogens is 194 g/mol. The fourth-order valence-electron chi connectivity index (χ4n) is 0.769. The molecule has 0 aromatic carbocycles. The Labute approximate surface area is 79.9 Å². The highest BCUT2D eigenvalue weighted by atomic mass is 35.5. The molecule has 13 heavy (non-hydrogen) atoms. The van der Waals surface area contributed by atoms with Crippen LogP contribution in [0.3, 0.4) is 0 Å². The van der Waals surface area contributed by atoms with Gasteiger partial charge in [-0.05, 0) is 23.7 Å². The molecule has 4 nitrogen and oxygen atoms in total. The van der Waals surface area contributed by atoms with E-state index in [0.29, 0.717) is 0 Å². The summed E-state index contributed by atoms with van der Waals surface area (Å²) < 4.78 is 4.82. The number of nitrogens with one attached hydrogen (secondary N) is 1. The van der Waals surface area contributed by atoms with E-state index in [0.717, 1.165) is 0 Å². The Kier molecular flexibility index (Phi) is 3.52. The molecule has 0 unspecified atom stereocenters. The van der Waals surface area contributed by atoms with Crippen LogP contribution in [0.2, 0.25) is 0 Å². The molecule has 0 aliphatic rings. The summed E-state index contributed by atoms with van der Waals surface area (Å²) >= 11 is 5.07. The fourth-order valence-corrected chi connectivity index (χ4v) is 0.864. The fraction of sp³-hybridized carbons (Fsp3) is 0.250. The van der Waals surface area contributed by atoms with Crippen LogP contribution in [0.5, 0.6) is 0 Å². The molecule has 0 atom stereocenters. The van der Waals surface area contributed by atoms with Gasteiger partial charge in [0.15, 0.2) is 5.76 Å². The average Bonchev–Trinajstić information content (AvgIpc) is 2.55. The van der Waals surface area contributed by atoms with Gasteiger partial charge in [0.2, 0.25) is 5.24 Å². The molecule has 0 aliphatic heterocycles. The van der Waals surface area contributed by atoms with E-state index in [9.17, 15) is 9.59 Å². The third-order valence-electron chi connectivity index (χ3n) is 1.35. The number of hydrogen-bond acceptors (Lipinski definition) is 3. The van der Waals surface area contributed by atoms with Crippen LogP contribution < -0.4 is 5.32 Å². The van der Waals surface area contributed by atoms with E-state index in [4.69, 9.17) is 16.0 Å². The van der Waals surface area contributed by atoms with Gasteiger partial charge in [-0.15, -0.1) is 0 Å². The molecular formula is C8H8ClNO3. The van der Waals surface area contributed by atoms with Gasteiger partial charge in [-0.25, -0.2) is 0 Å². The molecule has 0 aliphatic carbocycles. The molecule has 1 aromatic heterocycles. The molecule has 0 fully saturated rings. The number of halogens is 1. The zero-order valence-corrected chi connectivity index (χ0v) is 7.50. The first-order valence-electron chi connectivity index (χ1n) is 3.70. The van der Waals surface area contributed by atoms with Crippen molar-refractivity contribution in [2.24, 2.45) is 0 Å². The molecule has 1 amide bonds. The van der Waals surface area contributed by atoms with Gasteiger partial charge in [0.1, 0.15) is 0 Å². The summed E-state index contributed by atoms with van der Waals surface area (Å²) in [7, 11) is 0. The summed E-state index contributed by atoms with van der Waals surface area (Å²) in [5.41, 5.74) is 0. The number of carbonyl (C=O) groups excluding carboxylic acids is 2. The van der Waals surface area contributed by atoms with E-state index in [2.05, 4.69) is 5.32 Å². The van der Waals surface area contributed by atoms with E-state index in [1.54, 1.807) is 6.07 Å². The van der Waals surface area contributed by atoms with Crippen LogP contribution in [0, 0.1) is 0 Å². The molecule has 5 heteroatoms. The minimum Gasteiger partial charge on any atom is -0.459 e. The van der Waals surface area contributed by atoms with E-state index >= 15 is 0 Å². The van der Waals surface area contributed by atoms with Gasteiger partial charge in [0.25, 0.3) is 5.91 Å². The maximum absolute atomic E-state index is 11.1. The Balaban J connectivity index is 2.31. The zero-order valence-electron chi connectivity index (χ0n) is 6.75. The largest absolute Gasteiger partial charge is 0.459 e. The van der Waals surface area contributed by atoms with Gasteiger partial charge in [0.05, 0.1) is 6.26 Å². The Bertz CT molecular complexity index is 294. The highest BCUT2D eigenvalue weighted by Gasteiger charge is 2.07. The summed E-state index contributed by atoms with van der Waals surface area (Å²) in [5, 5.41) is 2.01. The third kappa shape index (κ3) is 3.29. The second-order valence-corrected chi connectivity index (χ2v) is 2.76. The van der Waals surface area contributed by atoms with Crippen molar-refractivity contribution in [1.29, 1.82) is 0 Å². The number of carbonyl (C=O) groups is 2. The van der Waals surface area contributed by atoms with Crippen LogP contribution in [-0.4, -0.2) is 17.7 Å². The lowest BCUT2D eigenvalue weighted by Gasteiger charge is -1.98. The van der Waals surface area contributed by atoms with Gasteiger partial charge in [0, 0.05) is 13.0 Å². The van der Waals surface area contributed by atoms with E-state index in [-0.39, 0.29) is 24.6 Å². The normalized spacial score (nSPS) is 9.62. The summed E-state index contributed by atoms with van der Waals surface area (Å²) in [6.07, 6.45) is 1.52. The predicted molar refractivity (Wildman–Crippen MR) is 46.5 cm³/mol. The summed E-state index contributed by atoms with van der Waals surface area (Å²) in [5.74, 6) is -0.120. The summed E-state index contributed by atoms with van der Waals surface area (Å²) in [4.78, 5) is 21.4. The monoisotopic (exact) mass is 201 g/mol. The highest BCUT2D eigenvalue weighted by Crippen LogP contribution is 1.98. The van der Waals surface area contributed by atoms with Crippen LogP contribution in [-0.2, 0) is 4.79 Å². The van der Waals surface area contributed by atoms with Crippen molar-refractivity contribution < 1.29 is 14.0 Å². The first kappa shape index (κ1) is 9.80. The van der Waals surface area contributed by atoms with Crippen LogP contribution in [0.4, 0.5) is 0 Å². The molecule has 1 N–H and O–H groups in total. The Hall–Kier alpha value is -1.29. The second kappa shape index (κ2) is 4.67. The predicted octanol–water partition coefficient (Wildman–Crippen LogP) is 1.16. The average molecular weight is 202 g/mol. The van der Waals surface area contributed by atoms with Gasteiger partial charge in [-0.2, -0.15) is 0 Å². The Morgan fingerprint density at radius 3 is 2.85 bits per heavy atom. The van der Waals surface area contributed by atoms with Crippen LogP contribution >= 0.6 is 11.6 Å². The van der Waals surface area contributed by atoms with Crippen LogP contribution in [0.1, 0.15) is 17.0 Å². The number of hydrogen-bond donors (Lipinski definition) is 1. The summed E-state index contributed by atoms with van der Waals surface area (Å²) in [6.45, 7) is 0.224. The van der Waals surface area contributed by atoms with Gasteiger partial charge < -0.3 is 9.73 Å². The smallest absolute Gasteiger partial charge is 0.286 e. The van der Waals surface area contributed by atoms with E-state index < -0.39 is 5.24 Å². The van der Waals surface area contributed by atoms with Gasteiger partial charge in [-0.3, -0.25) is 9.59 Å². The zero-order chi connectivity index (χ0) is 9.68. The standard InChI is InChI=1S/C8H8ClNO3/c9-7(11)3-4-10-8(12)6-2-1-5-13-6/h1-2,5H,3-4H2,(H,10,12). The van der Waals surface area contributed by atoms with Crippen molar-refractivity contribution in [3.05, 3.63) is 24.2 Å². The molecule has 0 radical (unpaired) electrons.